The van der Waals surface area contributed by atoms with Crippen molar-refractivity contribution in [2.24, 2.45) is 0 Å². The molecular weight excluding hydrogens is 447 g/mol. The Labute approximate surface area is 183 Å². The van der Waals surface area contributed by atoms with E-state index in [1.807, 2.05) is 11.5 Å². The van der Waals surface area contributed by atoms with E-state index in [-0.39, 0.29) is 17.1 Å². The van der Waals surface area contributed by atoms with Gasteiger partial charge in [-0.15, -0.1) is 0 Å². The van der Waals surface area contributed by atoms with Crippen LogP contribution in [0.25, 0.3) is 11.0 Å². The number of carbonyl (C=O) groups is 1. The maximum Gasteiger partial charge on any atom is 0.416 e. The molecule has 0 aliphatic heterocycles. The van der Waals surface area contributed by atoms with Crippen LogP contribution in [0.3, 0.4) is 0 Å². The number of alkyl halides is 3. The third kappa shape index (κ3) is 4.78. The fraction of sp³-hybridized carbons (Fsp3) is 0.333. The zero-order valence-corrected chi connectivity index (χ0v) is 18.5. The van der Waals surface area contributed by atoms with Crippen LogP contribution in [-0.4, -0.2) is 42.3 Å². The van der Waals surface area contributed by atoms with Gasteiger partial charge >= 0.3 is 12.1 Å². The van der Waals surface area contributed by atoms with Crippen LogP contribution in [-0.2, 0) is 34.1 Å². The number of hydrogen-bond acceptors (Lipinski definition) is 5. The molecule has 32 heavy (non-hydrogen) atoms. The van der Waals surface area contributed by atoms with Crippen LogP contribution in [0.2, 0.25) is 0 Å². The molecule has 0 amide bonds. The normalized spacial score (nSPS) is 12.5. The van der Waals surface area contributed by atoms with Crippen molar-refractivity contribution in [2.45, 2.75) is 37.6 Å². The van der Waals surface area contributed by atoms with Gasteiger partial charge in [0.05, 0.1) is 27.1 Å². The number of aryl methyl sites for hydroxylation is 1. The third-order valence-corrected chi connectivity index (χ3v) is 6.62. The van der Waals surface area contributed by atoms with E-state index < -0.39 is 27.7 Å². The van der Waals surface area contributed by atoms with Crippen LogP contribution in [0.1, 0.15) is 35.1 Å². The summed E-state index contributed by atoms with van der Waals surface area (Å²) < 4.78 is 71.1. The predicted octanol–water partition coefficient (Wildman–Crippen LogP) is 4.07. The Morgan fingerprint density at radius 2 is 1.78 bits per heavy atom. The summed E-state index contributed by atoms with van der Waals surface area (Å²) in [5, 5.41) is 0. The lowest BCUT2D eigenvalue weighted by Crippen LogP contribution is -2.22. The lowest BCUT2D eigenvalue weighted by Gasteiger charge is -2.11. The molecule has 2 aromatic carbocycles. The zero-order valence-electron chi connectivity index (χ0n) is 17.7. The molecule has 0 saturated heterocycles. The molecule has 0 spiro atoms. The molecular formula is C21H22F3N3O4S. The standard InChI is InChI=1S/C21H22F3N3O4S/c1-4-11-27-18-10-9-16(32(29,30)26(2)3)12-17(18)25-19(27)13-31-20(28)14-5-7-15(8-6-14)21(22,23)24/h5-10,12H,4,11,13H2,1-3H3. The Morgan fingerprint density at radius 1 is 1.12 bits per heavy atom. The summed E-state index contributed by atoms with van der Waals surface area (Å²) >= 11 is 0. The zero-order chi connectivity index (χ0) is 23.7. The molecule has 0 N–H and O–H groups in total. The molecule has 0 unspecified atom stereocenters. The molecule has 0 bridgehead atoms. The summed E-state index contributed by atoms with van der Waals surface area (Å²) in [6, 6.07) is 8.33. The molecule has 0 fully saturated rings. The van der Waals surface area contributed by atoms with E-state index in [9.17, 15) is 26.4 Å². The van der Waals surface area contributed by atoms with Crippen LogP contribution in [0, 0.1) is 0 Å². The average Bonchev–Trinajstić information content (AvgIpc) is 3.08. The van der Waals surface area contributed by atoms with Crippen LogP contribution < -0.4 is 0 Å². The van der Waals surface area contributed by atoms with Crippen molar-refractivity contribution < 1.29 is 31.1 Å². The second-order valence-corrected chi connectivity index (χ2v) is 9.42. The van der Waals surface area contributed by atoms with Gasteiger partial charge in [0.15, 0.2) is 0 Å². The highest BCUT2D eigenvalue weighted by Crippen LogP contribution is 2.29. The van der Waals surface area contributed by atoms with Gasteiger partial charge in [-0.3, -0.25) is 0 Å². The summed E-state index contributed by atoms with van der Waals surface area (Å²) in [5.41, 5.74) is 0.241. The number of rotatable bonds is 7. The summed E-state index contributed by atoms with van der Waals surface area (Å²) in [5.74, 6) is -0.383. The van der Waals surface area contributed by atoms with Gasteiger partial charge in [0.2, 0.25) is 10.0 Å². The van der Waals surface area contributed by atoms with E-state index in [1.165, 1.54) is 26.2 Å². The van der Waals surface area contributed by atoms with E-state index >= 15 is 0 Å². The average molecular weight is 469 g/mol. The van der Waals surface area contributed by atoms with Crippen molar-refractivity contribution in [3.8, 4) is 0 Å². The van der Waals surface area contributed by atoms with E-state index in [2.05, 4.69) is 4.98 Å². The number of carbonyl (C=O) groups excluding carboxylic acids is 1. The lowest BCUT2D eigenvalue weighted by atomic mass is 10.1. The quantitative estimate of drug-likeness (QED) is 0.487. The van der Waals surface area contributed by atoms with E-state index in [0.717, 1.165) is 35.0 Å². The number of benzene rings is 2. The minimum Gasteiger partial charge on any atom is -0.454 e. The number of imidazole rings is 1. The monoisotopic (exact) mass is 469 g/mol. The fourth-order valence-corrected chi connectivity index (χ4v) is 4.04. The van der Waals surface area contributed by atoms with Gasteiger partial charge < -0.3 is 9.30 Å². The highest BCUT2D eigenvalue weighted by atomic mass is 32.2. The van der Waals surface area contributed by atoms with Crippen molar-refractivity contribution in [3.05, 3.63) is 59.4 Å². The van der Waals surface area contributed by atoms with E-state index in [0.29, 0.717) is 23.4 Å². The maximum absolute atomic E-state index is 12.7. The number of aromatic nitrogens is 2. The van der Waals surface area contributed by atoms with Crippen LogP contribution in [0.4, 0.5) is 13.2 Å². The second-order valence-electron chi connectivity index (χ2n) is 7.27. The predicted molar refractivity (Wildman–Crippen MR) is 111 cm³/mol. The first kappa shape index (κ1) is 23.7. The molecule has 1 aromatic heterocycles. The molecule has 3 aromatic rings. The number of halogens is 3. The van der Waals surface area contributed by atoms with E-state index in [4.69, 9.17) is 4.74 Å². The van der Waals surface area contributed by atoms with Crippen molar-refractivity contribution in [1.29, 1.82) is 0 Å². The first-order valence-electron chi connectivity index (χ1n) is 9.71. The van der Waals surface area contributed by atoms with E-state index in [1.54, 1.807) is 6.07 Å². The van der Waals surface area contributed by atoms with Crippen molar-refractivity contribution in [2.75, 3.05) is 14.1 Å². The number of nitrogens with zero attached hydrogens (tertiary/aromatic N) is 3. The van der Waals surface area contributed by atoms with Crippen molar-refractivity contribution in [3.63, 3.8) is 0 Å². The molecule has 7 nitrogen and oxygen atoms in total. The largest absolute Gasteiger partial charge is 0.454 e. The summed E-state index contributed by atoms with van der Waals surface area (Å²) in [6.07, 6.45) is -3.74. The van der Waals surface area contributed by atoms with Gasteiger partial charge in [0, 0.05) is 20.6 Å². The molecule has 0 aliphatic carbocycles. The van der Waals surface area contributed by atoms with Crippen LogP contribution in [0.15, 0.2) is 47.4 Å². The molecule has 0 aliphatic rings. The first-order valence-corrected chi connectivity index (χ1v) is 11.1. The summed E-state index contributed by atoms with van der Waals surface area (Å²) in [6.45, 7) is 2.29. The Hall–Kier alpha value is -2.92. The molecule has 0 radical (unpaired) electrons. The van der Waals surface area contributed by atoms with Gasteiger partial charge in [-0.2, -0.15) is 13.2 Å². The minimum atomic E-state index is -4.49. The van der Waals surface area contributed by atoms with Gasteiger partial charge in [-0.05, 0) is 48.9 Å². The number of fused-ring (bicyclic) bond motifs is 1. The second kappa shape index (κ2) is 8.91. The van der Waals surface area contributed by atoms with Gasteiger partial charge in [-0.1, -0.05) is 6.92 Å². The van der Waals surface area contributed by atoms with Crippen LogP contribution >= 0.6 is 0 Å². The Balaban J connectivity index is 1.86. The number of esters is 1. The summed E-state index contributed by atoms with van der Waals surface area (Å²) in [7, 11) is -0.778. The molecule has 172 valence electrons. The van der Waals surface area contributed by atoms with Crippen molar-refractivity contribution in [1.82, 2.24) is 13.9 Å². The Kier molecular flexibility index (Phi) is 6.61. The van der Waals surface area contributed by atoms with Gasteiger partial charge in [0.25, 0.3) is 0 Å². The Bertz CT molecular complexity index is 1230. The SMILES string of the molecule is CCCn1c(COC(=O)c2ccc(C(F)(F)F)cc2)nc2cc(S(=O)(=O)N(C)C)ccc21. The molecule has 0 saturated carbocycles. The molecule has 0 atom stereocenters. The number of sulfonamides is 1. The smallest absolute Gasteiger partial charge is 0.416 e. The maximum atomic E-state index is 12.7. The number of hydrogen-bond donors (Lipinski definition) is 0. The molecule has 1 heterocycles. The highest BCUT2D eigenvalue weighted by Gasteiger charge is 2.30. The first-order chi connectivity index (χ1) is 14.9. The topological polar surface area (TPSA) is 81.5 Å². The van der Waals surface area contributed by atoms with Gasteiger partial charge in [0.1, 0.15) is 12.4 Å². The lowest BCUT2D eigenvalue weighted by molar-refractivity contribution is -0.137. The Morgan fingerprint density at radius 3 is 2.34 bits per heavy atom. The van der Waals surface area contributed by atoms with Gasteiger partial charge in [-0.25, -0.2) is 22.5 Å². The number of ether oxygens (including phenoxy) is 1. The highest BCUT2D eigenvalue weighted by molar-refractivity contribution is 7.89. The van der Waals surface area contributed by atoms with Crippen LogP contribution in [0.5, 0.6) is 0 Å². The van der Waals surface area contributed by atoms with Crippen molar-refractivity contribution >= 4 is 27.0 Å². The summed E-state index contributed by atoms with van der Waals surface area (Å²) in [4.78, 5) is 16.8. The minimum absolute atomic E-state index is 0.0180. The molecule has 3 rings (SSSR count). The molecule has 11 heteroatoms. The fourth-order valence-electron chi connectivity index (χ4n) is 3.12. The third-order valence-electron chi connectivity index (χ3n) is 4.80.